The van der Waals surface area contributed by atoms with Gasteiger partial charge >= 0.3 is 0 Å². The van der Waals surface area contributed by atoms with Crippen molar-refractivity contribution in [2.24, 2.45) is 0 Å². The molecular formula is C19H21ClN2O3. The summed E-state index contributed by atoms with van der Waals surface area (Å²) in [5.41, 5.74) is 2.62. The first-order valence-corrected chi connectivity index (χ1v) is 8.29. The number of aryl methyl sites for hydroxylation is 1. The van der Waals surface area contributed by atoms with E-state index in [-0.39, 0.29) is 5.91 Å². The van der Waals surface area contributed by atoms with E-state index in [2.05, 4.69) is 10.3 Å². The van der Waals surface area contributed by atoms with Crippen LogP contribution in [0.15, 0.2) is 36.5 Å². The quantitative estimate of drug-likeness (QED) is 0.763. The van der Waals surface area contributed by atoms with Crippen molar-refractivity contribution in [1.82, 2.24) is 10.3 Å². The smallest absolute Gasteiger partial charge is 0.244 e. The zero-order chi connectivity index (χ0) is 18.2. The fourth-order valence-electron chi connectivity index (χ4n) is 2.23. The van der Waals surface area contributed by atoms with Crippen LogP contribution < -0.4 is 14.8 Å². The number of nitrogens with zero attached hydrogens (tertiary/aromatic N) is 1. The first-order valence-electron chi connectivity index (χ1n) is 7.92. The lowest BCUT2D eigenvalue weighted by molar-refractivity contribution is -0.116. The van der Waals surface area contributed by atoms with Crippen molar-refractivity contribution >= 4 is 23.6 Å². The predicted octanol–water partition coefficient (Wildman–Crippen LogP) is 3.78. The van der Waals surface area contributed by atoms with Gasteiger partial charge in [0.1, 0.15) is 0 Å². The molecule has 25 heavy (non-hydrogen) atoms. The van der Waals surface area contributed by atoms with E-state index in [1.54, 1.807) is 31.5 Å². The van der Waals surface area contributed by atoms with Gasteiger partial charge in [-0.2, -0.15) is 0 Å². The Kier molecular flexibility index (Phi) is 6.83. The third kappa shape index (κ3) is 5.22. The molecule has 0 fully saturated rings. The summed E-state index contributed by atoms with van der Waals surface area (Å²) in [6.07, 6.45) is 4.83. The molecule has 5 nitrogen and oxygen atoms in total. The Bertz CT molecular complexity index is 775. The van der Waals surface area contributed by atoms with Gasteiger partial charge in [-0.05, 0) is 49.2 Å². The molecule has 132 valence electrons. The minimum absolute atomic E-state index is 0.214. The van der Waals surface area contributed by atoms with Gasteiger partial charge in [-0.1, -0.05) is 17.7 Å². The van der Waals surface area contributed by atoms with Gasteiger partial charge in [0.15, 0.2) is 11.5 Å². The van der Waals surface area contributed by atoms with E-state index in [4.69, 9.17) is 21.1 Å². The van der Waals surface area contributed by atoms with Gasteiger partial charge in [-0.15, -0.1) is 0 Å². The van der Waals surface area contributed by atoms with E-state index in [1.807, 2.05) is 26.0 Å². The van der Waals surface area contributed by atoms with Crippen molar-refractivity contribution < 1.29 is 14.3 Å². The molecule has 0 saturated heterocycles. The highest BCUT2D eigenvalue weighted by Gasteiger charge is 2.10. The number of benzene rings is 1. The van der Waals surface area contributed by atoms with Crippen LogP contribution in [0, 0.1) is 6.92 Å². The highest BCUT2D eigenvalue weighted by molar-refractivity contribution is 6.32. The van der Waals surface area contributed by atoms with Crippen LogP contribution in [-0.2, 0) is 11.3 Å². The molecule has 1 aromatic carbocycles. The SMILES string of the molecule is CCOc1c(Cl)cc(/C=C/C(=O)NCc2ncccc2C)cc1OC. The second-order valence-electron chi connectivity index (χ2n) is 5.29. The molecule has 0 bridgehead atoms. The standard InChI is InChI=1S/C19H21ClN2O3/c1-4-25-19-15(20)10-14(11-17(19)24-3)7-8-18(23)22-12-16-13(2)6-5-9-21-16/h5-11H,4,12H2,1-3H3,(H,22,23)/b8-7+. The summed E-state index contributed by atoms with van der Waals surface area (Å²) in [6, 6.07) is 7.31. The number of amides is 1. The number of hydrogen-bond acceptors (Lipinski definition) is 4. The number of pyridine rings is 1. The molecule has 0 radical (unpaired) electrons. The number of nitrogens with one attached hydrogen (secondary N) is 1. The molecule has 2 rings (SSSR count). The fourth-order valence-corrected chi connectivity index (χ4v) is 2.50. The molecule has 0 spiro atoms. The molecule has 1 aromatic heterocycles. The number of aromatic nitrogens is 1. The van der Waals surface area contributed by atoms with Crippen molar-refractivity contribution in [2.45, 2.75) is 20.4 Å². The third-order valence-corrected chi connectivity index (χ3v) is 3.80. The molecule has 1 amide bonds. The minimum atomic E-state index is -0.214. The number of rotatable bonds is 7. The second kappa shape index (κ2) is 9.08. The average molecular weight is 361 g/mol. The van der Waals surface area contributed by atoms with E-state index in [0.717, 1.165) is 16.8 Å². The maximum absolute atomic E-state index is 12.0. The largest absolute Gasteiger partial charge is 0.493 e. The van der Waals surface area contributed by atoms with Crippen LogP contribution in [0.2, 0.25) is 5.02 Å². The highest BCUT2D eigenvalue weighted by atomic mass is 35.5. The summed E-state index contributed by atoms with van der Waals surface area (Å²) in [6.45, 7) is 4.69. The maximum Gasteiger partial charge on any atom is 0.244 e. The zero-order valence-electron chi connectivity index (χ0n) is 14.5. The van der Waals surface area contributed by atoms with Gasteiger partial charge in [-0.3, -0.25) is 9.78 Å². The van der Waals surface area contributed by atoms with Gasteiger partial charge in [-0.25, -0.2) is 0 Å². The Balaban J connectivity index is 2.04. The zero-order valence-corrected chi connectivity index (χ0v) is 15.3. The predicted molar refractivity (Wildman–Crippen MR) is 99.0 cm³/mol. The molecule has 0 aliphatic heterocycles. The van der Waals surface area contributed by atoms with Crippen LogP contribution in [0.5, 0.6) is 11.5 Å². The first-order chi connectivity index (χ1) is 12.0. The molecule has 1 heterocycles. The lowest BCUT2D eigenvalue weighted by Gasteiger charge is -2.11. The Morgan fingerprint density at radius 1 is 1.40 bits per heavy atom. The summed E-state index contributed by atoms with van der Waals surface area (Å²) in [5.74, 6) is 0.812. The maximum atomic E-state index is 12.0. The molecule has 2 aromatic rings. The highest BCUT2D eigenvalue weighted by Crippen LogP contribution is 2.36. The Labute approximate surface area is 152 Å². The van der Waals surface area contributed by atoms with Gasteiger partial charge in [0.05, 0.1) is 31.0 Å². The van der Waals surface area contributed by atoms with E-state index in [1.165, 1.54) is 6.08 Å². The Hall–Kier alpha value is -2.53. The minimum Gasteiger partial charge on any atom is -0.493 e. The van der Waals surface area contributed by atoms with Crippen molar-refractivity contribution in [1.29, 1.82) is 0 Å². The molecule has 0 saturated carbocycles. The van der Waals surface area contributed by atoms with E-state index < -0.39 is 0 Å². The van der Waals surface area contributed by atoms with E-state index in [0.29, 0.717) is 29.7 Å². The number of hydrogen-bond donors (Lipinski definition) is 1. The Morgan fingerprint density at radius 2 is 2.20 bits per heavy atom. The Morgan fingerprint density at radius 3 is 2.88 bits per heavy atom. The molecule has 0 aliphatic carbocycles. The number of ether oxygens (including phenoxy) is 2. The van der Waals surface area contributed by atoms with Crippen LogP contribution in [0.1, 0.15) is 23.7 Å². The topological polar surface area (TPSA) is 60.5 Å². The molecule has 6 heteroatoms. The van der Waals surface area contributed by atoms with E-state index >= 15 is 0 Å². The normalized spacial score (nSPS) is 10.7. The lowest BCUT2D eigenvalue weighted by atomic mass is 10.2. The molecule has 0 atom stereocenters. The molecule has 0 aliphatic rings. The van der Waals surface area contributed by atoms with Gasteiger partial charge in [0, 0.05) is 12.3 Å². The van der Waals surface area contributed by atoms with Gasteiger partial charge < -0.3 is 14.8 Å². The summed E-state index contributed by atoms with van der Waals surface area (Å²) < 4.78 is 10.8. The summed E-state index contributed by atoms with van der Waals surface area (Å²) in [5, 5.41) is 3.24. The number of halogens is 1. The summed E-state index contributed by atoms with van der Waals surface area (Å²) >= 11 is 6.22. The monoisotopic (exact) mass is 360 g/mol. The van der Waals surface area contributed by atoms with Crippen LogP contribution in [0.25, 0.3) is 6.08 Å². The van der Waals surface area contributed by atoms with E-state index in [9.17, 15) is 4.79 Å². The van der Waals surface area contributed by atoms with Gasteiger partial charge in [0.25, 0.3) is 0 Å². The second-order valence-corrected chi connectivity index (χ2v) is 5.69. The number of carbonyl (C=O) groups is 1. The average Bonchev–Trinajstić information content (AvgIpc) is 2.61. The van der Waals surface area contributed by atoms with Crippen LogP contribution in [0.3, 0.4) is 0 Å². The molecule has 0 unspecified atom stereocenters. The summed E-state index contributed by atoms with van der Waals surface area (Å²) in [7, 11) is 1.55. The molecule has 1 N–H and O–H groups in total. The first kappa shape index (κ1) is 18.8. The third-order valence-electron chi connectivity index (χ3n) is 3.52. The number of methoxy groups -OCH3 is 1. The van der Waals surface area contributed by atoms with Crippen molar-refractivity contribution in [3.63, 3.8) is 0 Å². The van der Waals surface area contributed by atoms with Crippen LogP contribution in [0.4, 0.5) is 0 Å². The van der Waals surface area contributed by atoms with Crippen molar-refractivity contribution in [3.8, 4) is 11.5 Å². The van der Waals surface area contributed by atoms with Crippen molar-refractivity contribution in [2.75, 3.05) is 13.7 Å². The lowest BCUT2D eigenvalue weighted by Crippen LogP contribution is -2.21. The van der Waals surface area contributed by atoms with Crippen LogP contribution >= 0.6 is 11.6 Å². The number of carbonyl (C=O) groups excluding carboxylic acids is 1. The summed E-state index contributed by atoms with van der Waals surface area (Å²) in [4.78, 5) is 16.2. The molecular weight excluding hydrogens is 340 g/mol. The fraction of sp³-hybridized carbons (Fsp3) is 0.263. The van der Waals surface area contributed by atoms with Gasteiger partial charge in [0.2, 0.25) is 5.91 Å². The van der Waals surface area contributed by atoms with Crippen LogP contribution in [-0.4, -0.2) is 24.6 Å². The van der Waals surface area contributed by atoms with Crippen molar-refractivity contribution in [3.05, 3.63) is 58.4 Å².